The van der Waals surface area contributed by atoms with E-state index in [9.17, 15) is 14.4 Å². The third-order valence-corrected chi connectivity index (χ3v) is 4.60. The minimum absolute atomic E-state index is 0.261. The number of rotatable bonds is 7. The average molecular weight is 334 g/mol. The molecule has 0 amide bonds. The molecule has 2 aromatic rings. The van der Waals surface area contributed by atoms with Crippen molar-refractivity contribution in [3.63, 3.8) is 0 Å². The molecule has 0 saturated heterocycles. The molecule has 1 aromatic carbocycles. The molecule has 0 bridgehead atoms. The lowest BCUT2D eigenvalue weighted by atomic mass is 10.2. The van der Waals surface area contributed by atoms with Crippen LogP contribution in [-0.2, 0) is 16.1 Å². The summed E-state index contributed by atoms with van der Waals surface area (Å²) in [6.45, 7) is 6.62. The van der Waals surface area contributed by atoms with Crippen LogP contribution >= 0.6 is 0 Å². The number of H-pyrrole nitrogens is 1. The number of hydrogen-bond donors (Lipinski definition) is 1. The maximum absolute atomic E-state index is 12.3. The Morgan fingerprint density at radius 2 is 1.88 bits per heavy atom. The van der Waals surface area contributed by atoms with Crippen LogP contribution in [0.3, 0.4) is 0 Å². The van der Waals surface area contributed by atoms with Gasteiger partial charge in [-0.1, -0.05) is 12.1 Å². The number of carbonyl (C=O) groups is 1. The van der Waals surface area contributed by atoms with Crippen molar-refractivity contribution in [2.24, 2.45) is 0 Å². The van der Waals surface area contributed by atoms with Crippen LogP contribution in [-0.4, -0.2) is 53.3 Å². The summed E-state index contributed by atoms with van der Waals surface area (Å²) in [6.07, 6.45) is 0. The van der Waals surface area contributed by atoms with Crippen molar-refractivity contribution in [2.75, 3.05) is 33.3 Å². The van der Waals surface area contributed by atoms with Crippen LogP contribution in [0.5, 0.6) is 0 Å². The monoisotopic (exact) mass is 334 g/mol. The summed E-state index contributed by atoms with van der Waals surface area (Å²) < 4.78 is 6.87. The Morgan fingerprint density at radius 1 is 1.21 bits per heavy atom. The number of hydrogen-bond acceptors (Lipinski definition) is 4. The molecule has 1 heterocycles. The van der Waals surface area contributed by atoms with Gasteiger partial charge in [0.15, 0.2) is 0 Å². The van der Waals surface area contributed by atoms with Crippen molar-refractivity contribution in [3.05, 3.63) is 45.1 Å². The lowest BCUT2D eigenvalue weighted by molar-refractivity contribution is -0.906. The van der Waals surface area contributed by atoms with Crippen molar-refractivity contribution < 1.29 is 14.0 Å². The molecule has 0 saturated carbocycles. The van der Waals surface area contributed by atoms with Gasteiger partial charge in [-0.15, -0.1) is 0 Å². The zero-order valence-electron chi connectivity index (χ0n) is 14.4. The van der Waals surface area contributed by atoms with E-state index in [4.69, 9.17) is 4.74 Å². The van der Waals surface area contributed by atoms with Crippen LogP contribution in [0.25, 0.3) is 10.9 Å². The van der Waals surface area contributed by atoms with Crippen LogP contribution in [0.4, 0.5) is 0 Å². The zero-order chi connectivity index (χ0) is 17.7. The fourth-order valence-corrected chi connectivity index (χ4v) is 2.44. The van der Waals surface area contributed by atoms with E-state index >= 15 is 0 Å². The van der Waals surface area contributed by atoms with E-state index in [1.807, 2.05) is 0 Å². The summed E-state index contributed by atoms with van der Waals surface area (Å²) in [4.78, 5) is 38.9. The average Bonchev–Trinajstić information content (AvgIpc) is 2.58. The molecular formula is C17H24N3O4+. The molecule has 0 spiro atoms. The third kappa shape index (κ3) is 3.91. The highest BCUT2D eigenvalue weighted by Crippen LogP contribution is 2.03. The standard InChI is InChI=1S/C17H23N3O4/c1-4-20(3,5-2)10-11-24-15(21)12-19-16(22)13-8-6-7-9-14(13)18-17(19)23/h6-9H,4-5,10-12H2,1-3H3/p+1. The molecule has 2 rings (SSSR count). The summed E-state index contributed by atoms with van der Waals surface area (Å²) in [5.41, 5.74) is -0.650. The molecule has 24 heavy (non-hydrogen) atoms. The molecule has 0 aliphatic heterocycles. The SMILES string of the molecule is CC[N+](C)(CC)CCOC(=O)Cn1c(=O)[nH]c2ccccc2c1=O. The quantitative estimate of drug-likeness (QED) is 0.597. The van der Waals surface area contributed by atoms with Crippen LogP contribution in [0, 0.1) is 0 Å². The number of esters is 1. The van der Waals surface area contributed by atoms with Gasteiger partial charge in [0.05, 0.1) is 31.0 Å². The molecule has 0 fully saturated rings. The predicted octanol–water partition coefficient (Wildman–Crippen LogP) is 0.719. The fourth-order valence-electron chi connectivity index (χ4n) is 2.44. The Labute approximate surface area is 140 Å². The summed E-state index contributed by atoms with van der Waals surface area (Å²) in [6, 6.07) is 6.70. The number of para-hydroxylation sites is 1. The first-order chi connectivity index (χ1) is 11.4. The summed E-state index contributed by atoms with van der Waals surface area (Å²) in [5.74, 6) is -0.586. The minimum atomic E-state index is -0.613. The van der Waals surface area contributed by atoms with Crippen LogP contribution in [0.1, 0.15) is 13.8 Å². The maximum Gasteiger partial charge on any atom is 0.329 e. The first-order valence-corrected chi connectivity index (χ1v) is 8.11. The van der Waals surface area contributed by atoms with Gasteiger partial charge in [0.25, 0.3) is 5.56 Å². The van der Waals surface area contributed by atoms with Gasteiger partial charge in [0, 0.05) is 0 Å². The van der Waals surface area contributed by atoms with E-state index in [2.05, 4.69) is 25.9 Å². The van der Waals surface area contributed by atoms with Gasteiger partial charge in [-0.25, -0.2) is 9.36 Å². The van der Waals surface area contributed by atoms with E-state index < -0.39 is 17.2 Å². The number of carbonyl (C=O) groups excluding carboxylic acids is 1. The van der Waals surface area contributed by atoms with Gasteiger partial charge in [-0.05, 0) is 26.0 Å². The molecule has 130 valence electrons. The highest BCUT2D eigenvalue weighted by atomic mass is 16.5. The number of likely N-dealkylation sites (N-methyl/N-ethyl adjacent to an activating group) is 1. The lowest BCUT2D eigenvalue weighted by Crippen LogP contribution is -2.46. The minimum Gasteiger partial charge on any atom is -0.458 e. The van der Waals surface area contributed by atoms with Crippen LogP contribution < -0.4 is 11.2 Å². The number of ether oxygens (including phenoxy) is 1. The van der Waals surface area contributed by atoms with E-state index in [0.717, 1.165) is 22.1 Å². The van der Waals surface area contributed by atoms with Gasteiger partial charge < -0.3 is 14.2 Å². The Morgan fingerprint density at radius 3 is 2.54 bits per heavy atom. The second-order valence-electron chi connectivity index (χ2n) is 6.06. The Balaban J connectivity index is 2.09. The normalized spacial score (nSPS) is 11.6. The summed E-state index contributed by atoms with van der Waals surface area (Å²) in [7, 11) is 2.09. The fraction of sp³-hybridized carbons (Fsp3) is 0.471. The molecular weight excluding hydrogens is 310 g/mol. The van der Waals surface area contributed by atoms with Gasteiger partial charge in [-0.2, -0.15) is 0 Å². The highest BCUT2D eigenvalue weighted by molar-refractivity contribution is 5.77. The summed E-state index contributed by atoms with van der Waals surface area (Å²) >= 11 is 0. The van der Waals surface area contributed by atoms with Crippen molar-refractivity contribution in [3.8, 4) is 0 Å². The second kappa shape index (κ2) is 7.44. The number of nitrogens with zero attached hydrogens (tertiary/aromatic N) is 2. The van der Waals surface area contributed by atoms with E-state index in [1.165, 1.54) is 0 Å². The molecule has 0 unspecified atom stereocenters. The number of fused-ring (bicyclic) bond motifs is 1. The first-order valence-electron chi connectivity index (χ1n) is 8.11. The number of nitrogens with one attached hydrogen (secondary N) is 1. The zero-order valence-corrected chi connectivity index (χ0v) is 14.4. The van der Waals surface area contributed by atoms with Crippen LogP contribution in [0.2, 0.25) is 0 Å². The molecule has 1 aromatic heterocycles. The number of aromatic amines is 1. The smallest absolute Gasteiger partial charge is 0.329 e. The van der Waals surface area contributed by atoms with E-state index in [-0.39, 0.29) is 13.2 Å². The third-order valence-electron chi connectivity index (χ3n) is 4.60. The lowest BCUT2D eigenvalue weighted by Gasteiger charge is -2.31. The van der Waals surface area contributed by atoms with Crippen LogP contribution in [0.15, 0.2) is 33.9 Å². The Hall–Kier alpha value is -2.41. The van der Waals surface area contributed by atoms with Gasteiger partial charge >= 0.3 is 11.7 Å². The molecule has 7 heteroatoms. The number of benzene rings is 1. The van der Waals surface area contributed by atoms with Gasteiger partial charge in [0.2, 0.25) is 0 Å². The molecule has 7 nitrogen and oxygen atoms in total. The summed E-state index contributed by atoms with van der Waals surface area (Å²) in [5, 5.41) is 0.367. The molecule has 0 aliphatic rings. The van der Waals surface area contributed by atoms with Crippen molar-refractivity contribution in [1.29, 1.82) is 0 Å². The topological polar surface area (TPSA) is 81.2 Å². The van der Waals surface area contributed by atoms with Crippen molar-refractivity contribution >= 4 is 16.9 Å². The number of aromatic nitrogens is 2. The Kier molecular flexibility index (Phi) is 5.56. The highest BCUT2D eigenvalue weighted by Gasteiger charge is 2.18. The van der Waals surface area contributed by atoms with E-state index in [0.29, 0.717) is 17.4 Å². The second-order valence-corrected chi connectivity index (χ2v) is 6.06. The molecule has 0 radical (unpaired) electrons. The van der Waals surface area contributed by atoms with Gasteiger partial charge in [-0.3, -0.25) is 9.59 Å². The van der Waals surface area contributed by atoms with Crippen molar-refractivity contribution in [2.45, 2.75) is 20.4 Å². The van der Waals surface area contributed by atoms with Gasteiger partial charge in [0.1, 0.15) is 19.7 Å². The maximum atomic E-state index is 12.3. The van der Waals surface area contributed by atoms with E-state index in [1.54, 1.807) is 24.3 Å². The molecule has 0 atom stereocenters. The van der Waals surface area contributed by atoms with Crippen molar-refractivity contribution in [1.82, 2.24) is 9.55 Å². The Bertz CT molecular complexity index is 834. The largest absolute Gasteiger partial charge is 0.458 e. The first kappa shape index (κ1) is 17.9. The number of quaternary nitrogens is 1. The molecule has 1 N–H and O–H groups in total. The predicted molar refractivity (Wildman–Crippen MR) is 91.9 cm³/mol. The molecule has 0 aliphatic carbocycles.